The van der Waals surface area contributed by atoms with E-state index in [1.807, 2.05) is 13.8 Å². The summed E-state index contributed by atoms with van der Waals surface area (Å²) in [5.74, 6) is 0.0880. The molecule has 0 unspecified atom stereocenters. The van der Waals surface area contributed by atoms with E-state index in [1.165, 1.54) is 12.1 Å². The minimum absolute atomic E-state index is 0.0670. The lowest BCUT2D eigenvalue weighted by Gasteiger charge is -2.12. The second kappa shape index (κ2) is 6.09. The molecule has 2 aromatic rings. The lowest BCUT2D eigenvalue weighted by Crippen LogP contribution is -2.09. The highest BCUT2D eigenvalue weighted by molar-refractivity contribution is 9.10. The van der Waals surface area contributed by atoms with Crippen LogP contribution in [0.4, 0.5) is 10.1 Å². The molecule has 0 saturated heterocycles. The van der Waals surface area contributed by atoms with Crippen LogP contribution in [0.15, 0.2) is 34.8 Å². The number of benzene rings is 1. The third-order valence-corrected chi connectivity index (χ3v) is 2.81. The molecule has 0 bridgehead atoms. The highest BCUT2D eigenvalue weighted by atomic mass is 79.9. The number of pyridine rings is 1. The zero-order valence-electron chi connectivity index (χ0n) is 11.1. The zero-order chi connectivity index (χ0) is 14.7. The second-order valence-electron chi connectivity index (χ2n) is 4.39. The van der Waals surface area contributed by atoms with Gasteiger partial charge in [-0.3, -0.25) is 0 Å². The summed E-state index contributed by atoms with van der Waals surface area (Å²) in [6.45, 7) is 3.73. The van der Waals surface area contributed by atoms with Crippen LogP contribution >= 0.6 is 15.9 Å². The van der Waals surface area contributed by atoms with Crippen molar-refractivity contribution in [3.63, 3.8) is 0 Å². The first-order valence-corrected chi connectivity index (χ1v) is 6.81. The first-order valence-electron chi connectivity index (χ1n) is 6.02. The highest BCUT2D eigenvalue weighted by Gasteiger charge is 2.10. The van der Waals surface area contributed by atoms with Crippen LogP contribution in [0.5, 0.6) is 17.5 Å². The van der Waals surface area contributed by atoms with Crippen LogP contribution < -0.4 is 15.2 Å². The topological polar surface area (TPSA) is 57.4 Å². The summed E-state index contributed by atoms with van der Waals surface area (Å²) in [6.07, 6.45) is -0.0670. The van der Waals surface area contributed by atoms with Crippen LogP contribution in [0.25, 0.3) is 0 Å². The van der Waals surface area contributed by atoms with Crippen molar-refractivity contribution < 1.29 is 13.9 Å². The summed E-state index contributed by atoms with van der Waals surface area (Å²) >= 11 is 3.26. The minimum atomic E-state index is -0.474. The minimum Gasteiger partial charge on any atom is -0.473 e. The Bertz CT molecular complexity index is 620. The van der Waals surface area contributed by atoms with Gasteiger partial charge in [0, 0.05) is 10.5 Å². The van der Waals surface area contributed by atoms with Gasteiger partial charge >= 0.3 is 0 Å². The van der Waals surface area contributed by atoms with E-state index in [-0.39, 0.29) is 23.6 Å². The van der Waals surface area contributed by atoms with Crippen LogP contribution in [-0.2, 0) is 0 Å². The van der Waals surface area contributed by atoms with Crippen molar-refractivity contribution >= 4 is 21.6 Å². The molecule has 0 spiro atoms. The third kappa shape index (κ3) is 3.60. The summed E-state index contributed by atoms with van der Waals surface area (Å²) in [5.41, 5.74) is 6.16. The van der Waals surface area contributed by atoms with Crippen molar-refractivity contribution in [2.45, 2.75) is 20.0 Å². The molecule has 6 heteroatoms. The third-order valence-electron chi connectivity index (χ3n) is 2.32. The number of nitrogens with zero attached hydrogens (tertiary/aromatic N) is 1. The fraction of sp³-hybridized carbons (Fsp3) is 0.214. The van der Waals surface area contributed by atoms with Gasteiger partial charge in [-0.1, -0.05) is 15.9 Å². The maximum Gasteiger partial charge on any atom is 0.240 e. The van der Waals surface area contributed by atoms with Gasteiger partial charge in [0.2, 0.25) is 11.8 Å². The first kappa shape index (κ1) is 14.6. The van der Waals surface area contributed by atoms with Crippen molar-refractivity contribution in [1.29, 1.82) is 0 Å². The molecule has 0 amide bonds. The van der Waals surface area contributed by atoms with Crippen molar-refractivity contribution in [2.24, 2.45) is 0 Å². The SMILES string of the molecule is CC(C)Oc1nc(Oc2cc(Br)ccc2F)ccc1N. The Kier molecular flexibility index (Phi) is 4.44. The van der Waals surface area contributed by atoms with Crippen LogP contribution in [0.1, 0.15) is 13.8 Å². The zero-order valence-corrected chi connectivity index (χ0v) is 12.6. The first-order chi connectivity index (χ1) is 9.45. The predicted molar refractivity (Wildman–Crippen MR) is 78.6 cm³/mol. The Morgan fingerprint density at radius 1 is 1.25 bits per heavy atom. The van der Waals surface area contributed by atoms with Crippen molar-refractivity contribution in [3.8, 4) is 17.5 Å². The van der Waals surface area contributed by atoms with Crippen LogP contribution in [0.2, 0.25) is 0 Å². The quantitative estimate of drug-likeness (QED) is 0.908. The summed E-state index contributed by atoms with van der Waals surface area (Å²) in [4.78, 5) is 4.13. The molecule has 0 aliphatic heterocycles. The molecule has 1 aromatic heterocycles. The number of halogens is 2. The van der Waals surface area contributed by atoms with E-state index < -0.39 is 5.82 Å². The molecule has 0 saturated carbocycles. The summed E-state index contributed by atoms with van der Waals surface area (Å²) in [7, 11) is 0. The van der Waals surface area contributed by atoms with Crippen LogP contribution in [0, 0.1) is 5.82 Å². The van der Waals surface area contributed by atoms with Crippen molar-refractivity contribution in [1.82, 2.24) is 4.98 Å². The lowest BCUT2D eigenvalue weighted by atomic mass is 10.3. The van der Waals surface area contributed by atoms with Gasteiger partial charge in [0.1, 0.15) is 0 Å². The average Bonchev–Trinajstić information content (AvgIpc) is 2.37. The van der Waals surface area contributed by atoms with E-state index in [9.17, 15) is 4.39 Å². The monoisotopic (exact) mass is 340 g/mol. The molecule has 0 fully saturated rings. The Balaban J connectivity index is 2.27. The molecular formula is C14H14BrFN2O2. The number of ether oxygens (including phenoxy) is 2. The van der Waals surface area contributed by atoms with E-state index in [2.05, 4.69) is 20.9 Å². The molecule has 20 heavy (non-hydrogen) atoms. The summed E-state index contributed by atoms with van der Waals surface area (Å²) < 4.78 is 25.2. The number of anilines is 1. The Hall–Kier alpha value is -1.82. The fourth-order valence-electron chi connectivity index (χ4n) is 1.48. The molecule has 0 atom stereocenters. The molecule has 0 radical (unpaired) electrons. The Labute approximate surface area is 124 Å². The van der Waals surface area contributed by atoms with Gasteiger partial charge in [0.05, 0.1) is 11.8 Å². The second-order valence-corrected chi connectivity index (χ2v) is 5.30. The molecule has 1 heterocycles. The Morgan fingerprint density at radius 2 is 2.00 bits per heavy atom. The average molecular weight is 341 g/mol. The molecule has 2 rings (SSSR count). The molecule has 106 valence electrons. The molecular weight excluding hydrogens is 327 g/mol. The van der Waals surface area contributed by atoms with Gasteiger partial charge in [-0.25, -0.2) is 4.39 Å². The Morgan fingerprint density at radius 3 is 2.70 bits per heavy atom. The van der Waals surface area contributed by atoms with Crippen LogP contribution in [0.3, 0.4) is 0 Å². The largest absolute Gasteiger partial charge is 0.473 e. The summed E-state index contributed by atoms with van der Waals surface area (Å²) in [5, 5.41) is 0. The van der Waals surface area contributed by atoms with Crippen LogP contribution in [-0.4, -0.2) is 11.1 Å². The summed E-state index contributed by atoms with van der Waals surface area (Å²) in [6, 6.07) is 7.59. The van der Waals surface area contributed by atoms with Gasteiger partial charge in [-0.15, -0.1) is 0 Å². The highest BCUT2D eigenvalue weighted by Crippen LogP contribution is 2.29. The van der Waals surface area contributed by atoms with E-state index in [4.69, 9.17) is 15.2 Å². The normalized spacial score (nSPS) is 10.7. The fourth-order valence-corrected chi connectivity index (χ4v) is 1.82. The number of aromatic nitrogens is 1. The lowest BCUT2D eigenvalue weighted by molar-refractivity contribution is 0.232. The molecule has 1 aromatic carbocycles. The number of hydrogen-bond acceptors (Lipinski definition) is 4. The van der Waals surface area contributed by atoms with Gasteiger partial charge in [0.25, 0.3) is 0 Å². The van der Waals surface area contributed by atoms with Crippen molar-refractivity contribution in [2.75, 3.05) is 5.73 Å². The van der Waals surface area contributed by atoms with E-state index >= 15 is 0 Å². The van der Waals surface area contributed by atoms with Gasteiger partial charge in [0.15, 0.2) is 11.6 Å². The van der Waals surface area contributed by atoms with Gasteiger partial charge < -0.3 is 15.2 Å². The molecule has 0 aliphatic carbocycles. The predicted octanol–water partition coefficient (Wildman–Crippen LogP) is 4.14. The number of hydrogen-bond donors (Lipinski definition) is 1. The number of nitrogens with two attached hydrogens (primary N) is 1. The maximum absolute atomic E-state index is 13.6. The van der Waals surface area contributed by atoms with E-state index in [0.29, 0.717) is 10.2 Å². The smallest absolute Gasteiger partial charge is 0.240 e. The van der Waals surface area contributed by atoms with Gasteiger partial charge in [-0.05, 0) is 38.1 Å². The molecule has 4 nitrogen and oxygen atoms in total. The number of nitrogen functional groups attached to an aromatic ring is 1. The van der Waals surface area contributed by atoms with Gasteiger partial charge in [-0.2, -0.15) is 4.98 Å². The number of rotatable bonds is 4. The molecule has 2 N–H and O–H groups in total. The van der Waals surface area contributed by atoms with Crippen molar-refractivity contribution in [3.05, 3.63) is 40.6 Å². The van der Waals surface area contributed by atoms with E-state index in [1.54, 1.807) is 18.2 Å². The maximum atomic E-state index is 13.6. The van der Waals surface area contributed by atoms with E-state index in [0.717, 1.165) is 0 Å². The molecule has 0 aliphatic rings. The standard InChI is InChI=1S/C14H14BrFN2O2/c1-8(2)19-14-11(17)5-6-13(18-14)20-12-7-9(15)3-4-10(12)16/h3-8H,17H2,1-2H3.